The molecule has 62 valence electrons. The standard InChI is InChI=1S/C6H5BrN4O/c1-3-4-6(12)8-2-9-11(4)10-5(3)7/h2H,1H3,(H,8,9,12). The highest BCUT2D eigenvalue weighted by Crippen LogP contribution is 2.14. The topological polar surface area (TPSA) is 63.1 Å². The minimum absolute atomic E-state index is 0.180. The summed E-state index contributed by atoms with van der Waals surface area (Å²) in [6.07, 6.45) is 1.31. The molecule has 2 aromatic rings. The largest absolute Gasteiger partial charge is 0.310 e. The smallest absolute Gasteiger partial charge is 0.277 e. The lowest BCUT2D eigenvalue weighted by atomic mass is 10.3. The first-order valence-corrected chi connectivity index (χ1v) is 4.08. The van der Waals surface area contributed by atoms with Gasteiger partial charge in [0, 0.05) is 5.56 Å². The molecule has 0 saturated carbocycles. The van der Waals surface area contributed by atoms with Gasteiger partial charge in [-0.3, -0.25) is 4.79 Å². The first-order chi connectivity index (χ1) is 5.70. The first-order valence-electron chi connectivity index (χ1n) is 3.29. The monoisotopic (exact) mass is 228 g/mol. The van der Waals surface area contributed by atoms with Crippen molar-refractivity contribution >= 4 is 21.4 Å². The van der Waals surface area contributed by atoms with Gasteiger partial charge in [-0.25, -0.2) is 0 Å². The van der Waals surface area contributed by atoms with Crippen molar-refractivity contribution in [2.24, 2.45) is 0 Å². The van der Waals surface area contributed by atoms with Crippen molar-refractivity contribution < 1.29 is 0 Å². The van der Waals surface area contributed by atoms with E-state index in [2.05, 4.69) is 31.1 Å². The number of H-pyrrole nitrogens is 1. The number of hydrogen-bond acceptors (Lipinski definition) is 3. The molecule has 0 aliphatic rings. The normalized spacial score (nSPS) is 10.8. The van der Waals surface area contributed by atoms with E-state index in [1.54, 1.807) is 0 Å². The molecule has 0 unspecified atom stereocenters. The van der Waals surface area contributed by atoms with Crippen LogP contribution >= 0.6 is 15.9 Å². The van der Waals surface area contributed by atoms with Gasteiger partial charge in [-0.2, -0.15) is 0 Å². The second kappa shape index (κ2) is 2.41. The van der Waals surface area contributed by atoms with Crippen LogP contribution in [0.15, 0.2) is 15.7 Å². The molecule has 12 heavy (non-hydrogen) atoms. The second-order valence-corrected chi connectivity index (χ2v) is 3.12. The number of halogens is 1. The molecule has 0 amide bonds. The molecule has 2 aromatic heterocycles. The Morgan fingerprint density at radius 2 is 2.42 bits per heavy atom. The van der Waals surface area contributed by atoms with Crippen molar-refractivity contribution in [1.82, 2.24) is 19.8 Å². The van der Waals surface area contributed by atoms with Gasteiger partial charge >= 0.3 is 0 Å². The molecule has 5 nitrogen and oxygen atoms in total. The summed E-state index contributed by atoms with van der Waals surface area (Å²) in [6.45, 7) is 1.81. The van der Waals surface area contributed by atoms with E-state index in [1.165, 1.54) is 11.0 Å². The van der Waals surface area contributed by atoms with Crippen LogP contribution in [0.5, 0.6) is 0 Å². The summed E-state index contributed by atoms with van der Waals surface area (Å²) >= 11 is 3.22. The minimum atomic E-state index is -0.180. The summed E-state index contributed by atoms with van der Waals surface area (Å²) in [4.78, 5) is 13.7. The highest BCUT2D eigenvalue weighted by Gasteiger charge is 2.08. The van der Waals surface area contributed by atoms with Gasteiger partial charge in [0.2, 0.25) is 0 Å². The Kier molecular flexibility index (Phi) is 1.50. The van der Waals surface area contributed by atoms with Crippen LogP contribution in [0.3, 0.4) is 0 Å². The predicted molar refractivity (Wildman–Crippen MR) is 46.0 cm³/mol. The van der Waals surface area contributed by atoms with Crippen molar-refractivity contribution in [1.29, 1.82) is 0 Å². The third kappa shape index (κ3) is 0.878. The molecule has 0 atom stereocenters. The number of fused-ring (bicyclic) bond motifs is 1. The Bertz CT molecular complexity index is 486. The van der Waals surface area contributed by atoms with Crippen LogP contribution in [0.25, 0.3) is 5.52 Å². The first kappa shape index (κ1) is 7.48. The fourth-order valence-electron chi connectivity index (χ4n) is 1.01. The zero-order chi connectivity index (χ0) is 8.72. The number of aromatic amines is 1. The molecular weight excluding hydrogens is 224 g/mol. The number of aryl methyl sites for hydroxylation is 1. The third-order valence-electron chi connectivity index (χ3n) is 1.62. The SMILES string of the molecule is Cc1c(Br)nn2nc[nH]c(=O)c12. The molecule has 0 aliphatic heterocycles. The van der Waals surface area contributed by atoms with Gasteiger partial charge in [-0.15, -0.1) is 14.8 Å². The van der Waals surface area contributed by atoms with Gasteiger partial charge in [-0.05, 0) is 22.9 Å². The number of nitrogens with one attached hydrogen (secondary N) is 1. The number of rotatable bonds is 0. The van der Waals surface area contributed by atoms with Crippen LogP contribution in [0, 0.1) is 6.92 Å². The average Bonchev–Trinajstić information content (AvgIpc) is 2.29. The summed E-state index contributed by atoms with van der Waals surface area (Å²) < 4.78 is 1.95. The lowest BCUT2D eigenvalue weighted by Gasteiger charge is -1.87. The van der Waals surface area contributed by atoms with Gasteiger partial charge in [0.1, 0.15) is 10.9 Å². The molecule has 0 aromatic carbocycles. The van der Waals surface area contributed by atoms with Gasteiger partial charge in [0.05, 0.1) is 0 Å². The van der Waals surface area contributed by atoms with Crippen LogP contribution in [-0.2, 0) is 0 Å². The lowest BCUT2D eigenvalue weighted by Crippen LogP contribution is -2.11. The van der Waals surface area contributed by atoms with E-state index in [-0.39, 0.29) is 5.56 Å². The quantitative estimate of drug-likeness (QED) is 0.714. The van der Waals surface area contributed by atoms with Gasteiger partial charge in [0.25, 0.3) is 5.56 Å². The van der Waals surface area contributed by atoms with Gasteiger partial charge in [-0.1, -0.05) is 0 Å². The zero-order valence-electron chi connectivity index (χ0n) is 6.21. The summed E-state index contributed by atoms with van der Waals surface area (Å²) in [7, 11) is 0. The Morgan fingerprint density at radius 1 is 1.67 bits per heavy atom. The molecule has 0 spiro atoms. The van der Waals surface area contributed by atoms with E-state index in [0.29, 0.717) is 10.1 Å². The Morgan fingerprint density at radius 3 is 3.08 bits per heavy atom. The number of nitrogens with zero attached hydrogens (tertiary/aromatic N) is 3. The van der Waals surface area contributed by atoms with Gasteiger partial charge < -0.3 is 4.98 Å². The maximum Gasteiger partial charge on any atom is 0.277 e. The van der Waals surface area contributed by atoms with Crippen molar-refractivity contribution in [3.63, 3.8) is 0 Å². The van der Waals surface area contributed by atoms with E-state index in [0.717, 1.165) is 5.56 Å². The second-order valence-electron chi connectivity index (χ2n) is 2.37. The number of hydrogen-bond donors (Lipinski definition) is 1. The zero-order valence-corrected chi connectivity index (χ0v) is 7.79. The maximum atomic E-state index is 11.2. The summed E-state index contributed by atoms with van der Waals surface area (Å²) in [5.41, 5.74) is 1.09. The maximum absolute atomic E-state index is 11.2. The summed E-state index contributed by atoms with van der Waals surface area (Å²) in [5.74, 6) is 0. The highest BCUT2D eigenvalue weighted by molar-refractivity contribution is 9.10. The Labute approximate surface area is 75.5 Å². The molecule has 0 aliphatic carbocycles. The van der Waals surface area contributed by atoms with E-state index in [9.17, 15) is 4.79 Å². The molecule has 0 fully saturated rings. The van der Waals surface area contributed by atoms with Crippen LogP contribution in [0.2, 0.25) is 0 Å². The van der Waals surface area contributed by atoms with Crippen LogP contribution < -0.4 is 5.56 Å². The summed E-state index contributed by atoms with van der Waals surface area (Å²) in [6, 6.07) is 0. The molecule has 1 N–H and O–H groups in total. The summed E-state index contributed by atoms with van der Waals surface area (Å²) in [5, 5.41) is 7.82. The van der Waals surface area contributed by atoms with Gasteiger partial charge in [0.15, 0.2) is 5.52 Å². The van der Waals surface area contributed by atoms with Crippen molar-refractivity contribution in [3.05, 3.63) is 26.8 Å². The molecule has 0 radical (unpaired) electrons. The van der Waals surface area contributed by atoms with Crippen molar-refractivity contribution in [2.75, 3.05) is 0 Å². The minimum Gasteiger partial charge on any atom is -0.310 e. The molecule has 6 heteroatoms. The molecular formula is C6H5BrN4O. The predicted octanol–water partition coefficient (Wildman–Crippen LogP) is 0.489. The Hall–Kier alpha value is -1.17. The fraction of sp³-hybridized carbons (Fsp3) is 0.167. The van der Waals surface area contributed by atoms with Crippen molar-refractivity contribution in [3.8, 4) is 0 Å². The highest BCUT2D eigenvalue weighted by atomic mass is 79.9. The van der Waals surface area contributed by atoms with Crippen LogP contribution in [0.4, 0.5) is 0 Å². The average molecular weight is 229 g/mol. The molecule has 2 heterocycles. The van der Waals surface area contributed by atoms with E-state index >= 15 is 0 Å². The van der Waals surface area contributed by atoms with Crippen molar-refractivity contribution in [2.45, 2.75) is 6.92 Å². The lowest BCUT2D eigenvalue weighted by molar-refractivity contribution is 0.767. The van der Waals surface area contributed by atoms with E-state index < -0.39 is 0 Å². The molecule has 0 bridgehead atoms. The number of aromatic nitrogens is 4. The van der Waals surface area contributed by atoms with Crippen LogP contribution in [0.1, 0.15) is 5.56 Å². The van der Waals surface area contributed by atoms with E-state index in [4.69, 9.17) is 0 Å². The Balaban J connectivity index is 3.07. The van der Waals surface area contributed by atoms with Crippen LogP contribution in [-0.4, -0.2) is 19.8 Å². The fourth-order valence-corrected chi connectivity index (χ4v) is 1.35. The third-order valence-corrected chi connectivity index (χ3v) is 2.38. The molecule has 2 rings (SSSR count). The van der Waals surface area contributed by atoms with E-state index in [1.807, 2.05) is 6.92 Å². The molecule has 0 saturated heterocycles.